The van der Waals surface area contributed by atoms with E-state index < -0.39 is 35.6 Å². The minimum absolute atomic E-state index is 0.0691. The van der Waals surface area contributed by atoms with Crippen LogP contribution in [0.5, 0.6) is 5.88 Å². The van der Waals surface area contributed by atoms with Crippen molar-refractivity contribution in [1.29, 1.82) is 0 Å². The number of para-hydroxylation sites is 1. The molecule has 2 aromatic rings. The van der Waals surface area contributed by atoms with Crippen molar-refractivity contribution in [3.63, 3.8) is 0 Å². The van der Waals surface area contributed by atoms with Crippen molar-refractivity contribution in [3.8, 4) is 5.88 Å². The summed E-state index contributed by atoms with van der Waals surface area (Å²) >= 11 is 0. The molecule has 3 amide bonds. The van der Waals surface area contributed by atoms with Gasteiger partial charge in [-0.2, -0.15) is 0 Å². The Morgan fingerprint density at radius 1 is 1.12 bits per heavy atom. The molecule has 0 spiro atoms. The largest absolute Gasteiger partial charge is 0.481 e. The van der Waals surface area contributed by atoms with Crippen molar-refractivity contribution in [2.45, 2.75) is 101 Å². The first-order chi connectivity index (χ1) is 23.7. The number of carboxylic acids is 1. The molecule has 264 valence electrons. The number of aliphatic carboxylic acids is 1. The van der Waals surface area contributed by atoms with E-state index in [1.165, 1.54) is 0 Å². The molecule has 3 fully saturated rings. The second kappa shape index (κ2) is 15.1. The number of rotatable bonds is 8. The number of hydrogen-bond acceptors (Lipinski definition) is 8. The highest BCUT2D eigenvalue weighted by Crippen LogP contribution is 2.45. The number of methoxy groups -OCH3 is 1. The Bertz CT molecular complexity index is 1580. The molecule has 2 aliphatic heterocycles. The average molecular weight is 676 g/mol. The third-order valence-corrected chi connectivity index (χ3v) is 10.6. The van der Waals surface area contributed by atoms with Crippen LogP contribution in [-0.2, 0) is 25.7 Å². The zero-order valence-electron chi connectivity index (χ0n) is 28.6. The quantitative estimate of drug-likeness (QED) is 0.346. The number of alkyl carbamates (subject to hydrolysis) is 1. The molecule has 0 unspecified atom stereocenters. The van der Waals surface area contributed by atoms with Gasteiger partial charge in [-0.25, -0.2) is 14.6 Å². The van der Waals surface area contributed by atoms with Crippen molar-refractivity contribution in [2.75, 3.05) is 27.2 Å². The summed E-state index contributed by atoms with van der Waals surface area (Å²) in [5, 5.41) is 16.9. The third kappa shape index (κ3) is 8.01. The van der Waals surface area contributed by atoms with Gasteiger partial charge < -0.3 is 35.0 Å². The molecule has 0 bridgehead atoms. The van der Waals surface area contributed by atoms with Gasteiger partial charge in [0, 0.05) is 37.0 Å². The number of amides is 3. The van der Waals surface area contributed by atoms with Crippen LogP contribution in [0.4, 0.5) is 4.79 Å². The molecule has 12 nitrogen and oxygen atoms in total. The van der Waals surface area contributed by atoms with Gasteiger partial charge in [0.1, 0.15) is 23.7 Å². The van der Waals surface area contributed by atoms with E-state index in [4.69, 9.17) is 9.47 Å². The number of hydrogen-bond donors (Lipinski definition) is 3. The first-order valence-electron chi connectivity index (χ1n) is 17.8. The number of ether oxygens (including phenoxy) is 2. The second-order valence-electron chi connectivity index (χ2n) is 14.3. The molecule has 12 heteroatoms. The summed E-state index contributed by atoms with van der Waals surface area (Å²) in [7, 11) is 3.60. The van der Waals surface area contributed by atoms with E-state index in [0.717, 1.165) is 67.8 Å². The fourth-order valence-corrected chi connectivity index (χ4v) is 7.91. The van der Waals surface area contributed by atoms with Crippen molar-refractivity contribution in [3.05, 3.63) is 48.0 Å². The summed E-state index contributed by atoms with van der Waals surface area (Å²) in [6.07, 6.45) is 11.2. The molecule has 3 N–H and O–H groups in total. The normalized spacial score (nSPS) is 28.6. The maximum absolute atomic E-state index is 14.3. The van der Waals surface area contributed by atoms with Crippen molar-refractivity contribution in [2.24, 2.45) is 11.8 Å². The monoisotopic (exact) mass is 675 g/mol. The van der Waals surface area contributed by atoms with E-state index in [1.807, 2.05) is 49.5 Å². The lowest BCUT2D eigenvalue weighted by Crippen LogP contribution is -2.56. The number of fused-ring (bicyclic) bond motifs is 3. The van der Waals surface area contributed by atoms with Gasteiger partial charge >= 0.3 is 12.1 Å². The fraction of sp³-hybridized carbons (Fsp3) is 0.595. The summed E-state index contributed by atoms with van der Waals surface area (Å²) in [6.45, 7) is 1.48. The maximum Gasteiger partial charge on any atom is 0.408 e. The van der Waals surface area contributed by atoms with Crippen LogP contribution in [-0.4, -0.2) is 94.7 Å². The van der Waals surface area contributed by atoms with Gasteiger partial charge in [-0.3, -0.25) is 9.59 Å². The minimum Gasteiger partial charge on any atom is -0.481 e. The molecule has 1 aromatic heterocycles. The Morgan fingerprint density at radius 2 is 1.90 bits per heavy atom. The number of carboxylic acid groups (broad SMARTS) is 1. The third-order valence-electron chi connectivity index (χ3n) is 10.6. The van der Waals surface area contributed by atoms with Crippen LogP contribution in [0.25, 0.3) is 10.9 Å². The first kappa shape index (κ1) is 34.7. The highest BCUT2D eigenvalue weighted by atomic mass is 16.6. The molecule has 2 saturated carbocycles. The van der Waals surface area contributed by atoms with Crippen LogP contribution < -0.4 is 15.4 Å². The van der Waals surface area contributed by atoms with E-state index in [0.29, 0.717) is 44.8 Å². The highest BCUT2D eigenvalue weighted by molar-refractivity contribution is 5.96. The summed E-state index contributed by atoms with van der Waals surface area (Å²) in [5.41, 5.74) is 0.513. The predicted molar refractivity (Wildman–Crippen MR) is 183 cm³/mol. The Hall–Kier alpha value is -4.19. The van der Waals surface area contributed by atoms with Gasteiger partial charge in [0.15, 0.2) is 0 Å². The molecule has 1 saturated heterocycles. The Kier molecular flexibility index (Phi) is 10.7. The molecular formula is C37H49N5O7. The van der Waals surface area contributed by atoms with Crippen LogP contribution in [0.15, 0.2) is 42.5 Å². The molecule has 5 atom stereocenters. The van der Waals surface area contributed by atoms with Crippen LogP contribution in [0.3, 0.4) is 0 Å². The fourth-order valence-electron chi connectivity index (χ4n) is 7.91. The van der Waals surface area contributed by atoms with E-state index in [9.17, 15) is 24.3 Å². The number of carbonyl (C=O) groups excluding carboxylic acids is 3. The molecule has 4 aliphatic rings. The molecule has 3 heterocycles. The van der Waals surface area contributed by atoms with Gasteiger partial charge in [-0.15, -0.1) is 0 Å². The topological polar surface area (TPSA) is 150 Å². The number of carbonyl (C=O) groups is 4. The number of allylic oxidation sites excluding steroid dienone is 1. The van der Waals surface area contributed by atoms with Crippen LogP contribution in [0, 0.1) is 11.8 Å². The van der Waals surface area contributed by atoms with E-state index in [-0.39, 0.29) is 23.8 Å². The number of nitrogens with one attached hydrogen (secondary N) is 2. The lowest BCUT2D eigenvalue weighted by atomic mass is 10.0. The van der Waals surface area contributed by atoms with Crippen molar-refractivity contribution >= 4 is 34.8 Å². The Morgan fingerprint density at radius 3 is 2.67 bits per heavy atom. The van der Waals surface area contributed by atoms with Gasteiger partial charge in [-0.05, 0) is 82.4 Å². The molecule has 0 radical (unpaired) electrons. The number of benzene rings is 1. The average Bonchev–Trinajstić information content (AvgIpc) is 3.35. The Labute approximate surface area is 287 Å². The van der Waals surface area contributed by atoms with Gasteiger partial charge in [0.05, 0.1) is 12.6 Å². The molecule has 49 heavy (non-hydrogen) atoms. The molecule has 1 aromatic carbocycles. The summed E-state index contributed by atoms with van der Waals surface area (Å²) in [6, 6.07) is 8.12. The van der Waals surface area contributed by atoms with E-state index >= 15 is 0 Å². The summed E-state index contributed by atoms with van der Waals surface area (Å²) in [4.78, 5) is 62.1. The van der Waals surface area contributed by atoms with Crippen LogP contribution in [0.2, 0.25) is 0 Å². The first-order valence-corrected chi connectivity index (χ1v) is 17.8. The van der Waals surface area contributed by atoms with Crippen molar-refractivity contribution < 1.29 is 33.8 Å². The highest BCUT2D eigenvalue weighted by Gasteiger charge is 2.61. The zero-order valence-corrected chi connectivity index (χ0v) is 28.6. The lowest BCUT2D eigenvalue weighted by Gasteiger charge is -2.30. The standard InChI is InChI=1S/C37H49N5O7/c1-41(23-25-19-32(48-2)38-29-16-11-10-15-28(25)29)21-24-18-31-33(43)40-37(35(45)46)20-26(37)12-6-4-3-5-7-17-30(34(44)42(31)22-24)39-36(47)49-27-13-8-9-14-27/h6,10-12,15-16,19,24,26-27,30-31H,3-5,7-9,13-14,17-18,20-23H2,1-2H3,(H,39,47)(H,40,43)(H,45,46)/b12-6-/t24-,26+,30+,31-,37+/m0/s1. The molecule has 2 aliphatic carbocycles. The van der Waals surface area contributed by atoms with Gasteiger partial charge in [-0.1, -0.05) is 43.2 Å². The van der Waals surface area contributed by atoms with E-state index in [1.54, 1.807) is 12.0 Å². The number of aromatic nitrogens is 1. The van der Waals surface area contributed by atoms with E-state index in [2.05, 4.69) is 20.5 Å². The second-order valence-corrected chi connectivity index (χ2v) is 14.3. The predicted octanol–water partition coefficient (Wildman–Crippen LogP) is 4.41. The van der Waals surface area contributed by atoms with Crippen LogP contribution in [0.1, 0.15) is 76.2 Å². The number of nitrogens with zero attached hydrogens (tertiary/aromatic N) is 3. The summed E-state index contributed by atoms with van der Waals surface area (Å²) < 4.78 is 11.1. The minimum atomic E-state index is -1.37. The van der Waals surface area contributed by atoms with Gasteiger partial charge in [0.25, 0.3) is 0 Å². The van der Waals surface area contributed by atoms with Gasteiger partial charge in [0.2, 0.25) is 17.7 Å². The lowest BCUT2D eigenvalue weighted by molar-refractivity contribution is -0.145. The smallest absolute Gasteiger partial charge is 0.408 e. The SMILES string of the molecule is COc1cc(CN(C)C[C@@H]2C[C@H]3C(=O)N[C@]4(C(=O)O)C[C@H]4/C=C\CCCCC[C@@H](NC(=O)OC4CCCC4)C(=O)N3C2)c2ccccc2n1. The Balaban J connectivity index is 1.22. The van der Waals surface area contributed by atoms with Crippen LogP contribution >= 0.6 is 0 Å². The number of pyridine rings is 1. The molecular weight excluding hydrogens is 626 g/mol. The van der Waals surface area contributed by atoms with Crippen molar-refractivity contribution in [1.82, 2.24) is 25.4 Å². The zero-order chi connectivity index (χ0) is 34.5. The maximum atomic E-state index is 14.3. The molecule has 6 rings (SSSR count). The summed E-state index contributed by atoms with van der Waals surface area (Å²) in [5.74, 6) is -1.70.